The maximum absolute atomic E-state index is 12.0. The van der Waals surface area contributed by atoms with Crippen molar-refractivity contribution in [2.75, 3.05) is 13.2 Å². The predicted octanol–water partition coefficient (Wildman–Crippen LogP) is 2.55. The molecule has 108 valence electrons. The van der Waals surface area contributed by atoms with Gasteiger partial charge in [0.05, 0.1) is 5.56 Å². The minimum atomic E-state index is -0.168. The fourth-order valence-corrected chi connectivity index (χ4v) is 2.38. The number of rotatable bonds is 3. The second-order valence-corrected chi connectivity index (χ2v) is 5.47. The van der Waals surface area contributed by atoms with Crippen molar-refractivity contribution in [1.82, 2.24) is 10.3 Å². The van der Waals surface area contributed by atoms with Crippen LogP contribution in [-0.2, 0) is 6.54 Å². The third kappa shape index (κ3) is 3.33. The molecular formula is C15H13BrN2O3. The second kappa shape index (κ2) is 6.13. The zero-order chi connectivity index (χ0) is 14.7. The first-order valence-corrected chi connectivity index (χ1v) is 7.29. The molecule has 0 atom stereocenters. The van der Waals surface area contributed by atoms with E-state index in [1.54, 1.807) is 12.3 Å². The number of pyridine rings is 1. The molecule has 1 aromatic heterocycles. The number of benzene rings is 1. The largest absolute Gasteiger partial charge is 0.486 e. The second-order valence-electron chi connectivity index (χ2n) is 4.55. The average molecular weight is 349 g/mol. The number of hydrogen-bond donors (Lipinski definition) is 1. The Hall–Kier alpha value is -2.08. The lowest BCUT2D eigenvalue weighted by atomic mass is 10.2. The van der Waals surface area contributed by atoms with Crippen LogP contribution in [0.1, 0.15) is 15.9 Å². The van der Waals surface area contributed by atoms with Crippen LogP contribution >= 0.6 is 15.9 Å². The van der Waals surface area contributed by atoms with Crippen LogP contribution in [0.2, 0.25) is 0 Å². The summed E-state index contributed by atoms with van der Waals surface area (Å²) in [6, 6.07) is 7.38. The van der Waals surface area contributed by atoms with E-state index in [0.29, 0.717) is 25.3 Å². The van der Waals surface area contributed by atoms with E-state index >= 15 is 0 Å². The van der Waals surface area contributed by atoms with Crippen LogP contribution < -0.4 is 14.8 Å². The Balaban J connectivity index is 1.66. The SMILES string of the molecule is O=C(NCc1ccc2c(c1)OCCO2)c1cncc(Br)c1. The molecule has 0 bridgehead atoms. The van der Waals surface area contributed by atoms with Crippen LogP contribution in [0.4, 0.5) is 0 Å². The minimum absolute atomic E-state index is 0.168. The molecule has 2 aromatic rings. The van der Waals surface area contributed by atoms with Gasteiger partial charge in [0.1, 0.15) is 13.2 Å². The summed E-state index contributed by atoms with van der Waals surface area (Å²) in [4.78, 5) is 16.0. The van der Waals surface area contributed by atoms with E-state index in [-0.39, 0.29) is 5.91 Å². The van der Waals surface area contributed by atoms with E-state index in [1.807, 2.05) is 18.2 Å². The number of ether oxygens (including phenoxy) is 2. The Kier molecular flexibility index (Phi) is 4.06. The molecule has 1 aliphatic rings. The maximum atomic E-state index is 12.0. The summed E-state index contributed by atoms with van der Waals surface area (Å²) >= 11 is 3.29. The molecule has 0 aliphatic carbocycles. The van der Waals surface area contributed by atoms with Gasteiger partial charge < -0.3 is 14.8 Å². The van der Waals surface area contributed by atoms with Crippen molar-refractivity contribution < 1.29 is 14.3 Å². The van der Waals surface area contributed by atoms with Crippen LogP contribution in [-0.4, -0.2) is 24.1 Å². The highest BCUT2D eigenvalue weighted by Gasteiger charge is 2.12. The molecule has 0 radical (unpaired) electrons. The van der Waals surface area contributed by atoms with Crippen molar-refractivity contribution in [2.24, 2.45) is 0 Å². The Labute approximate surface area is 130 Å². The molecule has 6 heteroatoms. The van der Waals surface area contributed by atoms with Gasteiger partial charge in [-0.15, -0.1) is 0 Å². The van der Waals surface area contributed by atoms with Crippen molar-refractivity contribution in [3.8, 4) is 11.5 Å². The first-order chi connectivity index (χ1) is 10.2. The highest BCUT2D eigenvalue weighted by molar-refractivity contribution is 9.10. The smallest absolute Gasteiger partial charge is 0.253 e. The standard InChI is InChI=1S/C15H13BrN2O3/c16-12-6-11(8-17-9-12)15(19)18-7-10-1-2-13-14(5-10)21-4-3-20-13/h1-2,5-6,8-9H,3-4,7H2,(H,18,19). The highest BCUT2D eigenvalue weighted by Crippen LogP contribution is 2.30. The van der Waals surface area contributed by atoms with E-state index in [0.717, 1.165) is 21.5 Å². The Morgan fingerprint density at radius 2 is 2.00 bits per heavy atom. The summed E-state index contributed by atoms with van der Waals surface area (Å²) in [6.45, 7) is 1.54. The van der Waals surface area contributed by atoms with E-state index in [2.05, 4.69) is 26.2 Å². The molecule has 1 N–H and O–H groups in total. The molecular weight excluding hydrogens is 336 g/mol. The highest BCUT2D eigenvalue weighted by atomic mass is 79.9. The number of hydrogen-bond acceptors (Lipinski definition) is 4. The van der Waals surface area contributed by atoms with E-state index in [9.17, 15) is 4.79 Å². The zero-order valence-electron chi connectivity index (χ0n) is 11.1. The minimum Gasteiger partial charge on any atom is -0.486 e. The van der Waals surface area contributed by atoms with Crippen LogP contribution in [0, 0.1) is 0 Å². The zero-order valence-corrected chi connectivity index (χ0v) is 12.7. The van der Waals surface area contributed by atoms with Crippen LogP contribution in [0.3, 0.4) is 0 Å². The van der Waals surface area contributed by atoms with Crippen LogP contribution in [0.5, 0.6) is 11.5 Å². The Morgan fingerprint density at radius 3 is 2.81 bits per heavy atom. The number of carbonyl (C=O) groups is 1. The number of amides is 1. The molecule has 21 heavy (non-hydrogen) atoms. The number of carbonyl (C=O) groups excluding carboxylic acids is 1. The van der Waals surface area contributed by atoms with Crippen molar-refractivity contribution in [1.29, 1.82) is 0 Å². The quantitative estimate of drug-likeness (QED) is 0.925. The maximum Gasteiger partial charge on any atom is 0.253 e. The molecule has 0 saturated carbocycles. The molecule has 1 amide bonds. The van der Waals surface area contributed by atoms with Gasteiger partial charge in [-0.3, -0.25) is 9.78 Å². The van der Waals surface area contributed by atoms with Crippen LogP contribution in [0.25, 0.3) is 0 Å². The summed E-state index contributed by atoms with van der Waals surface area (Å²) in [5.41, 5.74) is 1.47. The van der Waals surface area contributed by atoms with Crippen LogP contribution in [0.15, 0.2) is 41.1 Å². The van der Waals surface area contributed by atoms with E-state index in [1.165, 1.54) is 6.20 Å². The summed E-state index contributed by atoms with van der Waals surface area (Å²) in [7, 11) is 0. The average Bonchev–Trinajstić information content (AvgIpc) is 2.52. The molecule has 5 nitrogen and oxygen atoms in total. The first kappa shape index (κ1) is 13.9. The summed E-state index contributed by atoms with van der Waals surface area (Å²) in [6.07, 6.45) is 3.17. The van der Waals surface area contributed by atoms with E-state index in [4.69, 9.17) is 9.47 Å². The monoisotopic (exact) mass is 348 g/mol. The number of fused-ring (bicyclic) bond motifs is 1. The Bertz CT molecular complexity index is 676. The van der Waals surface area contributed by atoms with Crippen molar-refractivity contribution in [3.05, 3.63) is 52.3 Å². The molecule has 3 rings (SSSR count). The van der Waals surface area contributed by atoms with Gasteiger partial charge in [-0.1, -0.05) is 6.07 Å². The van der Waals surface area contributed by atoms with Gasteiger partial charge in [0.25, 0.3) is 5.91 Å². The first-order valence-electron chi connectivity index (χ1n) is 6.49. The van der Waals surface area contributed by atoms with Gasteiger partial charge in [0, 0.05) is 23.4 Å². The molecule has 1 aromatic carbocycles. The molecule has 2 heterocycles. The van der Waals surface area contributed by atoms with Gasteiger partial charge >= 0.3 is 0 Å². The fourth-order valence-electron chi connectivity index (χ4n) is 2.02. The predicted molar refractivity (Wildman–Crippen MR) is 80.5 cm³/mol. The molecule has 0 saturated heterocycles. The lowest BCUT2D eigenvalue weighted by Gasteiger charge is -2.19. The van der Waals surface area contributed by atoms with Crippen molar-refractivity contribution >= 4 is 21.8 Å². The normalized spacial score (nSPS) is 12.8. The van der Waals surface area contributed by atoms with Gasteiger partial charge in [-0.05, 0) is 39.7 Å². The lowest BCUT2D eigenvalue weighted by Crippen LogP contribution is -2.23. The number of halogens is 1. The summed E-state index contributed by atoms with van der Waals surface area (Å²) < 4.78 is 11.8. The third-order valence-corrected chi connectivity index (χ3v) is 3.46. The van der Waals surface area contributed by atoms with Crippen molar-refractivity contribution in [2.45, 2.75) is 6.54 Å². The van der Waals surface area contributed by atoms with Gasteiger partial charge in [0.15, 0.2) is 11.5 Å². The van der Waals surface area contributed by atoms with E-state index < -0.39 is 0 Å². The van der Waals surface area contributed by atoms with Gasteiger partial charge in [-0.25, -0.2) is 0 Å². The number of nitrogens with zero attached hydrogens (tertiary/aromatic N) is 1. The molecule has 0 unspecified atom stereocenters. The molecule has 0 spiro atoms. The lowest BCUT2D eigenvalue weighted by molar-refractivity contribution is 0.0950. The topological polar surface area (TPSA) is 60.5 Å². The summed E-state index contributed by atoms with van der Waals surface area (Å²) in [5.74, 6) is 1.29. The number of nitrogens with one attached hydrogen (secondary N) is 1. The fraction of sp³-hybridized carbons (Fsp3) is 0.200. The van der Waals surface area contributed by atoms with Gasteiger partial charge in [0.2, 0.25) is 0 Å². The number of aromatic nitrogens is 1. The van der Waals surface area contributed by atoms with Crippen molar-refractivity contribution in [3.63, 3.8) is 0 Å². The third-order valence-electron chi connectivity index (χ3n) is 3.03. The molecule has 0 fully saturated rings. The summed E-state index contributed by atoms with van der Waals surface area (Å²) in [5, 5.41) is 2.85. The molecule has 1 aliphatic heterocycles. The Morgan fingerprint density at radius 1 is 1.19 bits per heavy atom. The van der Waals surface area contributed by atoms with Gasteiger partial charge in [-0.2, -0.15) is 0 Å².